The highest BCUT2D eigenvalue weighted by molar-refractivity contribution is 9.10. The molecule has 138 valence electrons. The maximum atomic E-state index is 12.9. The molecule has 0 bridgehead atoms. The molecule has 0 aliphatic heterocycles. The van der Waals surface area contributed by atoms with Crippen molar-refractivity contribution in [2.75, 3.05) is 0 Å². The van der Waals surface area contributed by atoms with E-state index in [1.165, 1.54) is 30.4 Å². The van der Waals surface area contributed by atoms with E-state index < -0.39 is 11.0 Å². The lowest BCUT2D eigenvalue weighted by atomic mass is 9.63. The topological polar surface area (TPSA) is 29.4 Å². The summed E-state index contributed by atoms with van der Waals surface area (Å²) in [4.78, 5) is 0. The Morgan fingerprint density at radius 2 is 2.08 bits per heavy atom. The summed E-state index contributed by atoms with van der Waals surface area (Å²) >= 11 is 3.61. The first-order valence-electron chi connectivity index (χ1n) is 9.46. The molecule has 0 radical (unpaired) electrons. The van der Waals surface area contributed by atoms with Gasteiger partial charge in [0.2, 0.25) is 0 Å². The van der Waals surface area contributed by atoms with Gasteiger partial charge in [-0.15, -0.1) is 0 Å². The van der Waals surface area contributed by atoms with Gasteiger partial charge in [-0.3, -0.25) is 0 Å². The summed E-state index contributed by atoms with van der Waals surface area (Å²) in [5.74, 6) is 1.51. The van der Waals surface area contributed by atoms with E-state index in [-0.39, 0.29) is 10.2 Å². The normalized spacial score (nSPS) is 32.2. The van der Waals surface area contributed by atoms with Gasteiger partial charge in [0, 0.05) is 15.5 Å². The third-order valence-corrected chi connectivity index (χ3v) is 8.01. The van der Waals surface area contributed by atoms with Gasteiger partial charge in [-0.25, -0.2) is 4.21 Å². The summed E-state index contributed by atoms with van der Waals surface area (Å²) in [5.41, 5.74) is 3.79. The van der Waals surface area contributed by atoms with Crippen LogP contribution in [0.2, 0.25) is 0 Å². The zero-order chi connectivity index (χ0) is 18.4. The van der Waals surface area contributed by atoms with Crippen LogP contribution < -0.4 is 0 Å². The fourth-order valence-corrected chi connectivity index (χ4v) is 5.58. The molecule has 1 spiro atoms. The SMILES string of the molecule is CC[C@H]1C[C@@]2(CC[C@@H]1C)Cc1ccc(Br)cc1C2=N[S@@](=O)C(C)(C)C. The van der Waals surface area contributed by atoms with E-state index >= 15 is 0 Å². The van der Waals surface area contributed by atoms with Gasteiger partial charge < -0.3 is 0 Å². The van der Waals surface area contributed by atoms with E-state index in [4.69, 9.17) is 4.40 Å². The monoisotopic (exact) mass is 423 g/mol. The van der Waals surface area contributed by atoms with E-state index in [0.29, 0.717) is 0 Å². The van der Waals surface area contributed by atoms with Crippen LogP contribution in [0.25, 0.3) is 0 Å². The average Bonchev–Trinajstić information content (AvgIpc) is 2.82. The number of hydrogen-bond acceptors (Lipinski definition) is 1. The number of nitrogens with zero attached hydrogens (tertiary/aromatic N) is 1. The zero-order valence-electron chi connectivity index (χ0n) is 16.1. The summed E-state index contributed by atoms with van der Waals surface area (Å²) in [6.45, 7) is 10.7. The van der Waals surface area contributed by atoms with Gasteiger partial charge in [-0.2, -0.15) is 4.40 Å². The van der Waals surface area contributed by atoms with Crippen LogP contribution in [-0.2, 0) is 17.4 Å². The lowest BCUT2D eigenvalue weighted by Crippen LogP contribution is -2.38. The fraction of sp³-hybridized carbons (Fsp3) is 0.667. The molecule has 25 heavy (non-hydrogen) atoms. The predicted molar refractivity (Wildman–Crippen MR) is 112 cm³/mol. The molecule has 0 amide bonds. The molecule has 2 nitrogen and oxygen atoms in total. The second-order valence-corrected chi connectivity index (χ2v) is 11.8. The maximum Gasteiger partial charge on any atom is 0.145 e. The molecule has 1 aromatic carbocycles. The lowest BCUT2D eigenvalue weighted by molar-refractivity contribution is 0.152. The van der Waals surface area contributed by atoms with Crippen LogP contribution in [0, 0.1) is 17.3 Å². The lowest BCUT2D eigenvalue weighted by Gasteiger charge is -2.42. The second kappa shape index (κ2) is 6.92. The maximum absolute atomic E-state index is 12.9. The summed E-state index contributed by atoms with van der Waals surface area (Å²) < 4.78 is 18.5. The largest absolute Gasteiger partial charge is 0.234 e. The Morgan fingerprint density at radius 3 is 2.72 bits per heavy atom. The molecule has 4 heteroatoms. The minimum absolute atomic E-state index is 0.0806. The minimum atomic E-state index is -1.22. The number of halogens is 1. The molecule has 2 aliphatic carbocycles. The van der Waals surface area contributed by atoms with Crippen LogP contribution in [0.15, 0.2) is 27.1 Å². The third-order valence-electron chi connectivity index (χ3n) is 6.12. The Bertz CT molecular complexity index is 721. The quantitative estimate of drug-likeness (QED) is 0.565. The number of hydrogen-bond donors (Lipinski definition) is 0. The number of fused-ring (bicyclic) bond motifs is 1. The highest BCUT2D eigenvalue weighted by Gasteiger charge is 2.48. The van der Waals surface area contributed by atoms with E-state index in [1.54, 1.807) is 0 Å². The fourth-order valence-electron chi connectivity index (χ4n) is 4.49. The molecule has 0 unspecified atom stereocenters. The van der Waals surface area contributed by atoms with Crippen molar-refractivity contribution in [3.05, 3.63) is 33.8 Å². The first-order valence-corrected chi connectivity index (χ1v) is 11.4. The molecule has 0 N–H and O–H groups in total. The van der Waals surface area contributed by atoms with Gasteiger partial charge in [-0.05, 0) is 76.0 Å². The van der Waals surface area contributed by atoms with Crippen LogP contribution in [0.1, 0.15) is 71.4 Å². The smallest absolute Gasteiger partial charge is 0.145 e. The van der Waals surface area contributed by atoms with Gasteiger partial charge in [0.05, 0.1) is 10.5 Å². The molecular formula is C21H30BrNOS. The molecule has 0 aromatic heterocycles. The standard InChI is InChI=1S/C21H30BrNOS/c1-6-15-12-21(10-9-14(15)2)13-16-7-8-17(22)11-18(16)19(21)23-25(24)20(3,4)5/h7-8,11,14-15H,6,9-10,12-13H2,1-5H3/t14-,15-,21-,25-/m0/s1. The van der Waals surface area contributed by atoms with Crippen molar-refractivity contribution in [1.82, 2.24) is 0 Å². The first kappa shape index (κ1) is 19.3. The van der Waals surface area contributed by atoms with Crippen molar-refractivity contribution in [3.8, 4) is 0 Å². The van der Waals surface area contributed by atoms with Crippen molar-refractivity contribution in [3.63, 3.8) is 0 Å². The molecule has 4 atom stereocenters. The van der Waals surface area contributed by atoms with Crippen LogP contribution in [-0.4, -0.2) is 14.7 Å². The molecule has 2 aliphatic rings. The van der Waals surface area contributed by atoms with Crippen molar-refractivity contribution in [1.29, 1.82) is 0 Å². The number of rotatable bonds is 2. The second-order valence-electron chi connectivity index (χ2n) is 8.95. The summed E-state index contributed by atoms with van der Waals surface area (Å²) in [5, 5.41) is 0. The van der Waals surface area contributed by atoms with E-state index in [2.05, 4.69) is 48.0 Å². The van der Waals surface area contributed by atoms with Crippen LogP contribution in [0.4, 0.5) is 0 Å². The van der Waals surface area contributed by atoms with Crippen LogP contribution in [0.3, 0.4) is 0 Å². The van der Waals surface area contributed by atoms with Crippen molar-refractivity contribution in [2.24, 2.45) is 21.6 Å². The molecule has 0 saturated heterocycles. The molecule has 3 rings (SSSR count). The third kappa shape index (κ3) is 3.66. The summed E-state index contributed by atoms with van der Waals surface area (Å²) in [6, 6.07) is 6.53. The zero-order valence-corrected chi connectivity index (χ0v) is 18.5. The van der Waals surface area contributed by atoms with Gasteiger partial charge in [-0.1, -0.05) is 42.3 Å². The van der Waals surface area contributed by atoms with E-state index in [9.17, 15) is 4.21 Å². The molecule has 0 heterocycles. The Morgan fingerprint density at radius 1 is 1.36 bits per heavy atom. The first-order chi connectivity index (χ1) is 11.7. The van der Waals surface area contributed by atoms with Crippen LogP contribution >= 0.6 is 15.9 Å². The Balaban J connectivity index is 2.09. The van der Waals surface area contributed by atoms with Crippen molar-refractivity contribution in [2.45, 2.75) is 71.5 Å². The summed E-state index contributed by atoms with van der Waals surface area (Å²) in [6.07, 6.45) is 5.86. The minimum Gasteiger partial charge on any atom is -0.234 e. The Labute approximate surface area is 163 Å². The predicted octanol–water partition coefficient (Wildman–Crippen LogP) is 6.09. The van der Waals surface area contributed by atoms with E-state index in [1.807, 2.05) is 20.8 Å². The van der Waals surface area contributed by atoms with Crippen LogP contribution in [0.5, 0.6) is 0 Å². The molecule has 1 saturated carbocycles. The highest BCUT2D eigenvalue weighted by Crippen LogP contribution is 2.52. The van der Waals surface area contributed by atoms with Gasteiger partial charge >= 0.3 is 0 Å². The summed E-state index contributed by atoms with van der Waals surface area (Å²) in [7, 11) is -1.22. The van der Waals surface area contributed by atoms with Gasteiger partial charge in [0.15, 0.2) is 0 Å². The Kier molecular flexibility index (Phi) is 5.34. The van der Waals surface area contributed by atoms with Gasteiger partial charge in [0.25, 0.3) is 0 Å². The van der Waals surface area contributed by atoms with Crippen molar-refractivity contribution >= 4 is 32.6 Å². The molecular weight excluding hydrogens is 394 g/mol. The van der Waals surface area contributed by atoms with E-state index in [0.717, 1.165) is 34.9 Å². The van der Waals surface area contributed by atoms with Gasteiger partial charge in [0.1, 0.15) is 11.0 Å². The van der Waals surface area contributed by atoms with Crippen molar-refractivity contribution < 1.29 is 4.21 Å². The highest BCUT2D eigenvalue weighted by atomic mass is 79.9. The molecule has 1 fully saturated rings. The average molecular weight is 424 g/mol. The Hall–Kier alpha value is -0.480. The number of benzene rings is 1. The molecule has 1 aromatic rings.